The van der Waals surface area contributed by atoms with Crippen molar-refractivity contribution in [3.8, 4) is 0 Å². The Hall–Kier alpha value is -2.24. The van der Waals surface area contributed by atoms with E-state index in [4.69, 9.17) is 4.98 Å². The SMILES string of the molecule is Cc1cc(C)nc(N2CC3CC(C2)N3c2ccnc(C3CC3)n2)n1. The second kappa shape index (κ2) is 5.13. The fourth-order valence-corrected chi connectivity index (χ4v) is 4.04. The first-order chi connectivity index (χ1) is 11.7. The Morgan fingerprint density at radius 1 is 1.00 bits per heavy atom. The van der Waals surface area contributed by atoms with E-state index in [1.54, 1.807) is 0 Å². The van der Waals surface area contributed by atoms with Gasteiger partial charge in [0, 0.05) is 36.6 Å². The molecule has 5 heterocycles. The van der Waals surface area contributed by atoms with E-state index in [2.05, 4.69) is 30.8 Å². The minimum absolute atomic E-state index is 0.509. The summed E-state index contributed by atoms with van der Waals surface area (Å²) in [5, 5.41) is 0. The molecule has 6 heteroatoms. The minimum atomic E-state index is 0.509. The van der Waals surface area contributed by atoms with Crippen LogP contribution in [0.1, 0.15) is 42.4 Å². The Labute approximate surface area is 142 Å². The van der Waals surface area contributed by atoms with Crippen LogP contribution >= 0.6 is 0 Å². The summed E-state index contributed by atoms with van der Waals surface area (Å²) < 4.78 is 0. The van der Waals surface area contributed by atoms with Crippen LogP contribution in [-0.2, 0) is 0 Å². The highest BCUT2D eigenvalue weighted by molar-refractivity contribution is 5.50. The summed E-state index contributed by atoms with van der Waals surface area (Å²) in [6.07, 6.45) is 5.65. The maximum absolute atomic E-state index is 4.83. The highest BCUT2D eigenvalue weighted by Gasteiger charge is 2.46. The smallest absolute Gasteiger partial charge is 0.225 e. The molecule has 1 saturated carbocycles. The predicted molar refractivity (Wildman–Crippen MR) is 92.4 cm³/mol. The molecule has 2 unspecified atom stereocenters. The summed E-state index contributed by atoms with van der Waals surface area (Å²) in [5.74, 6) is 3.62. The average molecular weight is 322 g/mol. The van der Waals surface area contributed by atoms with Crippen molar-refractivity contribution in [1.82, 2.24) is 19.9 Å². The van der Waals surface area contributed by atoms with E-state index >= 15 is 0 Å². The third-order valence-electron chi connectivity index (χ3n) is 5.31. The van der Waals surface area contributed by atoms with E-state index in [1.807, 2.05) is 26.1 Å². The van der Waals surface area contributed by atoms with Gasteiger partial charge in [0.2, 0.25) is 5.95 Å². The first-order valence-corrected chi connectivity index (χ1v) is 8.86. The number of nitrogens with zero attached hydrogens (tertiary/aromatic N) is 6. The first kappa shape index (κ1) is 14.1. The quantitative estimate of drug-likeness (QED) is 0.864. The molecule has 1 aliphatic carbocycles. The number of aromatic nitrogens is 4. The van der Waals surface area contributed by atoms with Crippen molar-refractivity contribution in [2.45, 2.75) is 51.1 Å². The van der Waals surface area contributed by atoms with Crippen LogP contribution in [0, 0.1) is 13.8 Å². The minimum Gasteiger partial charge on any atom is -0.347 e. The van der Waals surface area contributed by atoms with Gasteiger partial charge < -0.3 is 9.80 Å². The van der Waals surface area contributed by atoms with Crippen LogP contribution in [0.3, 0.4) is 0 Å². The molecule has 24 heavy (non-hydrogen) atoms. The zero-order valence-corrected chi connectivity index (χ0v) is 14.2. The van der Waals surface area contributed by atoms with Crippen molar-refractivity contribution < 1.29 is 0 Å². The number of piperidine rings is 1. The monoisotopic (exact) mass is 322 g/mol. The largest absolute Gasteiger partial charge is 0.347 e. The molecular weight excluding hydrogens is 300 g/mol. The Morgan fingerprint density at radius 3 is 2.38 bits per heavy atom. The van der Waals surface area contributed by atoms with Gasteiger partial charge in [-0.05, 0) is 45.2 Å². The normalized spacial score (nSPS) is 25.6. The third kappa shape index (κ3) is 2.32. The summed E-state index contributed by atoms with van der Waals surface area (Å²) in [5.41, 5.74) is 2.08. The van der Waals surface area contributed by atoms with E-state index in [-0.39, 0.29) is 0 Å². The number of aryl methyl sites for hydroxylation is 2. The molecule has 0 N–H and O–H groups in total. The second-order valence-electron chi connectivity index (χ2n) is 7.35. The zero-order chi connectivity index (χ0) is 16.3. The lowest BCUT2D eigenvalue weighted by atomic mass is 9.87. The molecule has 2 aromatic heterocycles. The molecule has 6 rings (SSSR count). The molecule has 0 aromatic carbocycles. The van der Waals surface area contributed by atoms with Gasteiger partial charge in [0.15, 0.2) is 0 Å². The topological polar surface area (TPSA) is 58.0 Å². The van der Waals surface area contributed by atoms with Gasteiger partial charge in [0.05, 0.1) is 12.1 Å². The van der Waals surface area contributed by atoms with Crippen molar-refractivity contribution in [3.05, 3.63) is 35.5 Å². The lowest BCUT2D eigenvalue weighted by molar-refractivity contribution is 0.286. The Kier molecular flexibility index (Phi) is 3.02. The van der Waals surface area contributed by atoms with Crippen LogP contribution in [0.5, 0.6) is 0 Å². The maximum atomic E-state index is 4.83. The standard InChI is InChI=1S/C18H22N6/c1-11-7-12(2)21-18(20-11)23-9-14-8-15(10-23)24(14)16-5-6-19-17(22-16)13-3-4-13/h5-7,13-15H,3-4,8-10H2,1-2H3. The van der Waals surface area contributed by atoms with Gasteiger partial charge >= 0.3 is 0 Å². The van der Waals surface area contributed by atoms with Gasteiger partial charge in [-0.25, -0.2) is 19.9 Å². The molecule has 4 fully saturated rings. The van der Waals surface area contributed by atoms with E-state index in [0.29, 0.717) is 18.0 Å². The van der Waals surface area contributed by atoms with Crippen LogP contribution < -0.4 is 9.80 Å². The summed E-state index contributed by atoms with van der Waals surface area (Å²) in [4.78, 5) is 23.3. The van der Waals surface area contributed by atoms with Gasteiger partial charge in [-0.15, -0.1) is 0 Å². The van der Waals surface area contributed by atoms with Crippen molar-refractivity contribution in [1.29, 1.82) is 0 Å². The number of hydrogen-bond donors (Lipinski definition) is 0. The van der Waals surface area contributed by atoms with Crippen LogP contribution in [0.25, 0.3) is 0 Å². The van der Waals surface area contributed by atoms with Gasteiger partial charge in [-0.3, -0.25) is 0 Å². The summed E-state index contributed by atoms with van der Waals surface area (Å²) in [7, 11) is 0. The summed E-state index contributed by atoms with van der Waals surface area (Å²) in [6.45, 7) is 6.02. The molecule has 2 aromatic rings. The Morgan fingerprint density at radius 2 is 1.71 bits per heavy atom. The van der Waals surface area contributed by atoms with Gasteiger partial charge in [-0.2, -0.15) is 0 Å². The fraction of sp³-hybridized carbons (Fsp3) is 0.556. The molecule has 2 atom stereocenters. The molecule has 3 aliphatic heterocycles. The summed E-state index contributed by atoms with van der Waals surface area (Å²) in [6, 6.07) is 5.11. The van der Waals surface area contributed by atoms with E-state index in [0.717, 1.165) is 42.1 Å². The van der Waals surface area contributed by atoms with E-state index in [9.17, 15) is 0 Å². The number of hydrogen-bond acceptors (Lipinski definition) is 6. The van der Waals surface area contributed by atoms with Crippen LogP contribution in [0.4, 0.5) is 11.8 Å². The van der Waals surface area contributed by atoms with Crippen molar-refractivity contribution in [3.63, 3.8) is 0 Å². The van der Waals surface area contributed by atoms with Crippen LogP contribution in [-0.4, -0.2) is 45.1 Å². The molecular formula is C18H22N6. The predicted octanol–water partition coefficient (Wildman–Crippen LogP) is 2.23. The number of piperazine rings is 1. The third-order valence-corrected chi connectivity index (χ3v) is 5.31. The van der Waals surface area contributed by atoms with E-state index < -0.39 is 0 Å². The molecule has 124 valence electrons. The van der Waals surface area contributed by atoms with Crippen molar-refractivity contribution in [2.24, 2.45) is 0 Å². The number of fused-ring (bicyclic) bond motifs is 2. The van der Waals surface area contributed by atoms with Gasteiger partial charge in [-0.1, -0.05) is 0 Å². The highest BCUT2D eigenvalue weighted by atomic mass is 15.4. The first-order valence-electron chi connectivity index (χ1n) is 8.86. The highest BCUT2D eigenvalue weighted by Crippen LogP contribution is 2.40. The number of rotatable bonds is 3. The molecule has 0 amide bonds. The molecule has 6 nitrogen and oxygen atoms in total. The molecule has 4 aliphatic rings. The van der Waals surface area contributed by atoms with Crippen molar-refractivity contribution >= 4 is 11.8 Å². The van der Waals surface area contributed by atoms with Gasteiger partial charge in [0.25, 0.3) is 0 Å². The van der Waals surface area contributed by atoms with Crippen LogP contribution in [0.2, 0.25) is 0 Å². The molecule has 3 saturated heterocycles. The maximum Gasteiger partial charge on any atom is 0.225 e. The summed E-state index contributed by atoms with van der Waals surface area (Å²) >= 11 is 0. The molecule has 0 spiro atoms. The lowest BCUT2D eigenvalue weighted by Gasteiger charge is -2.56. The molecule has 0 radical (unpaired) electrons. The van der Waals surface area contributed by atoms with Gasteiger partial charge in [0.1, 0.15) is 11.6 Å². The molecule has 2 bridgehead atoms. The zero-order valence-electron chi connectivity index (χ0n) is 14.2. The van der Waals surface area contributed by atoms with Crippen LogP contribution in [0.15, 0.2) is 18.3 Å². The Balaban J connectivity index is 1.36. The second-order valence-corrected chi connectivity index (χ2v) is 7.35. The lowest BCUT2D eigenvalue weighted by Crippen LogP contribution is -2.69. The fourth-order valence-electron chi connectivity index (χ4n) is 4.04. The Bertz CT molecular complexity index is 755. The van der Waals surface area contributed by atoms with Crippen molar-refractivity contribution in [2.75, 3.05) is 22.9 Å². The average Bonchev–Trinajstić information content (AvgIpc) is 3.39. The van der Waals surface area contributed by atoms with E-state index in [1.165, 1.54) is 19.3 Å². The number of anilines is 2.